The van der Waals surface area contributed by atoms with E-state index in [0.717, 1.165) is 17.6 Å². The summed E-state index contributed by atoms with van der Waals surface area (Å²) in [5.41, 5.74) is 0.560. The number of rotatable bonds is 4. The summed E-state index contributed by atoms with van der Waals surface area (Å²) in [5, 5.41) is 11.7. The molecule has 1 N–H and O–H groups in total. The molecule has 0 saturated heterocycles. The maximum absolute atomic E-state index is 12.5. The molecule has 3 heteroatoms. The molecule has 1 aromatic carbocycles. The molecule has 144 valence electrons. The standard InChI is InChI=1S/C24H30O3/c1-17(2)20-13-14-23(4)21(16-18(3)12-15-24(20,23)26)27-22(25)11-10-19-8-6-5-7-9-19/h5-11,13-14,16-17,20-21,26H,12,15H2,1-4H3. The lowest BCUT2D eigenvalue weighted by atomic mass is 9.65. The maximum Gasteiger partial charge on any atom is 0.331 e. The van der Waals surface area contributed by atoms with Gasteiger partial charge in [-0.2, -0.15) is 0 Å². The normalized spacial score (nSPS) is 33.0. The Hall–Kier alpha value is -2.13. The van der Waals surface area contributed by atoms with Gasteiger partial charge < -0.3 is 9.84 Å². The fraction of sp³-hybridized carbons (Fsp3) is 0.458. The Kier molecular flexibility index (Phi) is 5.43. The first kappa shape index (κ1) is 19.6. The Labute approximate surface area is 162 Å². The van der Waals surface area contributed by atoms with Crippen molar-refractivity contribution in [1.82, 2.24) is 0 Å². The van der Waals surface area contributed by atoms with E-state index in [-0.39, 0.29) is 11.9 Å². The second kappa shape index (κ2) is 7.47. The maximum atomic E-state index is 12.5. The molecule has 0 bridgehead atoms. The van der Waals surface area contributed by atoms with Crippen LogP contribution in [0.15, 0.2) is 60.2 Å². The SMILES string of the molecule is CC1=CC(OC(=O)C=Cc2ccccc2)C2(C)C=CC(C(C)C)C2(O)CC1. The Bertz CT molecular complexity index is 774. The van der Waals surface area contributed by atoms with E-state index in [1.54, 1.807) is 6.08 Å². The van der Waals surface area contributed by atoms with Crippen molar-refractivity contribution in [3.8, 4) is 0 Å². The number of hydrogen-bond donors (Lipinski definition) is 1. The van der Waals surface area contributed by atoms with Crippen molar-refractivity contribution < 1.29 is 14.6 Å². The molecule has 1 aromatic rings. The lowest BCUT2D eigenvalue weighted by Crippen LogP contribution is -2.54. The van der Waals surface area contributed by atoms with E-state index in [4.69, 9.17) is 4.74 Å². The summed E-state index contributed by atoms with van der Waals surface area (Å²) in [6, 6.07) is 9.67. The predicted octanol–water partition coefficient (Wildman–Crippen LogP) is 4.93. The number of carbonyl (C=O) groups is 1. The Morgan fingerprint density at radius 3 is 2.67 bits per heavy atom. The zero-order chi connectivity index (χ0) is 19.7. The monoisotopic (exact) mass is 366 g/mol. The largest absolute Gasteiger partial charge is 0.454 e. The third-order valence-corrected chi connectivity index (χ3v) is 6.23. The van der Waals surface area contributed by atoms with Gasteiger partial charge in [-0.15, -0.1) is 0 Å². The molecule has 0 amide bonds. The van der Waals surface area contributed by atoms with E-state index in [1.807, 2.05) is 50.3 Å². The quantitative estimate of drug-likeness (QED) is 0.467. The molecule has 4 unspecified atom stereocenters. The molecule has 0 heterocycles. The first-order valence-corrected chi connectivity index (χ1v) is 9.79. The first-order chi connectivity index (χ1) is 12.8. The number of esters is 1. The van der Waals surface area contributed by atoms with Gasteiger partial charge in [0.15, 0.2) is 0 Å². The molecule has 2 aliphatic rings. The van der Waals surface area contributed by atoms with Crippen LogP contribution in [0.3, 0.4) is 0 Å². The van der Waals surface area contributed by atoms with Crippen LogP contribution in [0, 0.1) is 17.3 Å². The first-order valence-electron chi connectivity index (χ1n) is 9.79. The lowest BCUT2D eigenvalue weighted by Gasteiger charge is -2.46. The summed E-state index contributed by atoms with van der Waals surface area (Å²) in [4.78, 5) is 12.5. The minimum absolute atomic E-state index is 0.0582. The minimum atomic E-state index is -0.913. The van der Waals surface area contributed by atoms with Gasteiger partial charge in [-0.05, 0) is 50.3 Å². The van der Waals surface area contributed by atoms with Crippen LogP contribution in [-0.2, 0) is 9.53 Å². The van der Waals surface area contributed by atoms with Gasteiger partial charge in [0.1, 0.15) is 6.10 Å². The van der Waals surface area contributed by atoms with Crippen LogP contribution in [0.1, 0.15) is 46.1 Å². The molecule has 0 saturated carbocycles. The summed E-state index contributed by atoms with van der Waals surface area (Å²) >= 11 is 0. The molecule has 2 aliphatic carbocycles. The molecule has 0 aromatic heterocycles. The van der Waals surface area contributed by atoms with Crippen LogP contribution < -0.4 is 0 Å². The average molecular weight is 367 g/mol. The summed E-state index contributed by atoms with van der Waals surface area (Å²) < 4.78 is 5.86. The molecule has 4 atom stereocenters. The van der Waals surface area contributed by atoms with Crippen LogP contribution in [-0.4, -0.2) is 22.8 Å². The van der Waals surface area contributed by atoms with Gasteiger partial charge in [-0.1, -0.05) is 61.9 Å². The van der Waals surface area contributed by atoms with E-state index < -0.39 is 17.1 Å². The van der Waals surface area contributed by atoms with Crippen molar-refractivity contribution >= 4 is 12.0 Å². The second-order valence-electron chi connectivity index (χ2n) is 8.45. The average Bonchev–Trinajstić information content (AvgIpc) is 2.86. The van der Waals surface area contributed by atoms with Crippen molar-refractivity contribution in [1.29, 1.82) is 0 Å². The van der Waals surface area contributed by atoms with Gasteiger partial charge in [0, 0.05) is 12.0 Å². The van der Waals surface area contributed by atoms with E-state index in [0.29, 0.717) is 12.3 Å². The Morgan fingerprint density at radius 1 is 1.30 bits per heavy atom. The molecule has 3 rings (SSSR count). The van der Waals surface area contributed by atoms with Crippen molar-refractivity contribution in [3.63, 3.8) is 0 Å². The van der Waals surface area contributed by atoms with E-state index in [9.17, 15) is 9.90 Å². The van der Waals surface area contributed by atoms with Crippen LogP contribution in [0.4, 0.5) is 0 Å². The zero-order valence-electron chi connectivity index (χ0n) is 16.7. The highest BCUT2D eigenvalue weighted by Gasteiger charge is 2.59. The van der Waals surface area contributed by atoms with Crippen molar-refractivity contribution in [3.05, 3.63) is 65.8 Å². The highest BCUT2D eigenvalue weighted by atomic mass is 16.5. The molecule has 0 spiro atoms. The van der Waals surface area contributed by atoms with Crippen LogP contribution in [0.5, 0.6) is 0 Å². The topological polar surface area (TPSA) is 46.5 Å². The van der Waals surface area contributed by atoms with Gasteiger partial charge in [-0.25, -0.2) is 4.79 Å². The summed E-state index contributed by atoms with van der Waals surface area (Å²) in [6.07, 6.45) is 10.4. The van der Waals surface area contributed by atoms with E-state index in [2.05, 4.69) is 26.0 Å². The van der Waals surface area contributed by atoms with Gasteiger partial charge in [0.25, 0.3) is 0 Å². The van der Waals surface area contributed by atoms with Crippen molar-refractivity contribution in [2.24, 2.45) is 17.3 Å². The molecule has 27 heavy (non-hydrogen) atoms. The highest BCUT2D eigenvalue weighted by Crippen LogP contribution is 2.54. The Morgan fingerprint density at radius 2 is 2.00 bits per heavy atom. The number of ether oxygens (including phenoxy) is 1. The number of carbonyl (C=O) groups excluding carboxylic acids is 1. The molecule has 0 aliphatic heterocycles. The van der Waals surface area contributed by atoms with Crippen molar-refractivity contribution in [2.75, 3.05) is 0 Å². The summed E-state index contributed by atoms with van der Waals surface area (Å²) in [7, 11) is 0. The molecule has 0 radical (unpaired) electrons. The van der Waals surface area contributed by atoms with E-state index >= 15 is 0 Å². The van der Waals surface area contributed by atoms with Crippen molar-refractivity contribution in [2.45, 2.75) is 52.2 Å². The Balaban J connectivity index is 1.84. The summed E-state index contributed by atoms with van der Waals surface area (Å²) in [5.74, 6) is -0.0107. The number of benzene rings is 1. The second-order valence-corrected chi connectivity index (χ2v) is 8.45. The van der Waals surface area contributed by atoms with Gasteiger partial charge in [-0.3, -0.25) is 0 Å². The van der Waals surface area contributed by atoms with Crippen LogP contribution in [0.25, 0.3) is 6.08 Å². The fourth-order valence-corrected chi connectivity index (χ4v) is 4.47. The number of hydrogen-bond acceptors (Lipinski definition) is 3. The van der Waals surface area contributed by atoms with E-state index in [1.165, 1.54) is 6.08 Å². The number of fused-ring (bicyclic) bond motifs is 1. The smallest absolute Gasteiger partial charge is 0.331 e. The lowest BCUT2D eigenvalue weighted by molar-refractivity contribution is -0.160. The number of allylic oxidation sites excluding steroid dienone is 1. The molecular weight excluding hydrogens is 336 g/mol. The molecular formula is C24H30O3. The zero-order valence-corrected chi connectivity index (χ0v) is 16.7. The third-order valence-electron chi connectivity index (χ3n) is 6.23. The van der Waals surface area contributed by atoms with Gasteiger partial charge in [0.05, 0.1) is 11.0 Å². The molecule has 3 nitrogen and oxygen atoms in total. The van der Waals surface area contributed by atoms with Crippen LogP contribution in [0.2, 0.25) is 0 Å². The molecule has 0 fully saturated rings. The minimum Gasteiger partial charge on any atom is -0.454 e. The third kappa shape index (κ3) is 3.66. The fourth-order valence-electron chi connectivity index (χ4n) is 4.47. The highest BCUT2D eigenvalue weighted by molar-refractivity contribution is 5.87. The predicted molar refractivity (Wildman–Crippen MR) is 109 cm³/mol. The van der Waals surface area contributed by atoms with Gasteiger partial charge in [0.2, 0.25) is 0 Å². The van der Waals surface area contributed by atoms with Gasteiger partial charge >= 0.3 is 5.97 Å². The summed E-state index contributed by atoms with van der Waals surface area (Å²) in [6.45, 7) is 8.32. The number of aliphatic hydroxyl groups is 1. The van der Waals surface area contributed by atoms with Crippen LogP contribution >= 0.6 is 0 Å².